The lowest BCUT2D eigenvalue weighted by atomic mass is 10.2. The van der Waals surface area contributed by atoms with Gasteiger partial charge in [0.2, 0.25) is 10.0 Å². The summed E-state index contributed by atoms with van der Waals surface area (Å²) in [5.74, 6) is 0. The first-order valence-electron chi connectivity index (χ1n) is 6.33. The fourth-order valence-electron chi connectivity index (χ4n) is 2.25. The Morgan fingerprint density at radius 3 is 2.85 bits per heavy atom. The Morgan fingerprint density at radius 1 is 1.35 bits per heavy atom. The molecule has 1 aliphatic rings. The molecule has 1 saturated heterocycles. The van der Waals surface area contributed by atoms with Crippen molar-refractivity contribution in [3.05, 3.63) is 23.2 Å². The summed E-state index contributed by atoms with van der Waals surface area (Å²) in [7, 11) is -3.37. The van der Waals surface area contributed by atoms with Gasteiger partial charge in [-0.3, -0.25) is 4.72 Å². The van der Waals surface area contributed by atoms with E-state index in [0.717, 1.165) is 23.3 Å². The molecule has 1 fully saturated rings. The summed E-state index contributed by atoms with van der Waals surface area (Å²) in [5, 5.41) is 3.83. The highest BCUT2D eigenvalue weighted by Crippen LogP contribution is 2.29. The lowest BCUT2D eigenvalue weighted by molar-refractivity contribution is 0.499. The molecule has 0 radical (unpaired) electrons. The number of nitrogens with zero attached hydrogens (tertiary/aromatic N) is 1. The number of nitrogens with one attached hydrogen (secondary N) is 2. The molecule has 0 amide bonds. The van der Waals surface area contributed by atoms with Crippen molar-refractivity contribution >= 4 is 48.3 Å². The lowest BCUT2D eigenvalue weighted by Crippen LogP contribution is -2.38. The summed E-state index contributed by atoms with van der Waals surface area (Å²) in [5.41, 5.74) is 0.752. The number of aromatic nitrogens is 1. The minimum Gasteiger partial charge on any atom is -0.317 e. The molecular formula is C12H14ClN3O2S2. The van der Waals surface area contributed by atoms with Crippen molar-refractivity contribution in [2.45, 2.75) is 18.1 Å². The molecule has 1 aromatic heterocycles. The number of hydrogen-bond donors (Lipinski definition) is 2. The van der Waals surface area contributed by atoms with Crippen LogP contribution in [0.1, 0.15) is 12.8 Å². The summed E-state index contributed by atoms with van der Waals surface area (Å²) < 4.78 is 28.1. The Balaban J connectivity index is 1.84. The van der Waals surface area contributed by atoms with Crippen LogP contribution < -0.4 is 10.0 Å². The molecule has 2 N–H and O–H groups in total. The maximum absolute atomic E-state index is 12.3. The van der Waals surface area contributed by atoms with Crippen LogP contribution >= 0.6 is 22.9 Å². The molecule has 108 valence electrons. The van der Waals surface area contributed by atoms with Crippen molar-refractivity contribution in [2.24, 2.45) is 0 Å². The second-order valence-electron chi connectivity index (χ2n) is 4.73. The van der Waals surface area contributed by atoms with Crippen molar-refractivity contribution in [1.82, 2.24) is 10.3 Å². The molecule has 0 unspecified atom stereocenters. The van der Waals surface area contributed by atoms with Crippen molar-refractivity contribution in [3.8, 4) is 0 Å². The van der Waals surface area contributed by atoms with Crippen molar-refractivity contribution in [1.29, 1.82) is 0 Å². The van der Waals surface area contributed by atoms with Gasteiger partial charge in [-0.1, -0.05) is 22.9 Å². The lowest BCUT2D eigenvalue weighted by Gasteiger charge is -2.22. The number of piperidine rings is 1. The highest BCUT2D eigenvalue weighted by molar-refractivity contribution is 7.93. The first-order valence-corrected chi connectivity index (χ1v) is 9.07. The third kappa shape index (κ3) is 2.90. The van der Waals surface area contributed by atoms with Gasteiger partial charge in [-0.25, -0.2) is 13.4 Å². The fraction of sp³-hybridized carbons (Fsp3) is 0.417. The van der Waals surface area contributed by atoms with Gasteiger partial charge in [0.25, 0.3) is 0 Å². The minimum atomic E-state index is -3.37. The van der Waals surface area contributed by atoms with Crippen molar-refractivity contribution in [3.63, 3.8) is 0 Å². The average Bonchev–Trinajstić information content (AvgIpc) is 2.80. The molecule has 1 aromatic carbocycles. The van der Waals surface area contributed by atoms with Gasteiger partial charge in [0.15, 0.2) is 5.13 Å². The van der Waals surface area contributed by atoms with E-state index in [2.05, 4.69) is 15.0 Å². The summed E-state index contributed by atoms with van der Waals surface area (Å²) in [6.45, 7) is 1.47. The summed E-state index contributed by atoms with van der Waals surface area (Å²) in [6.07, 6.45) is 1.26. The Labute approximate surface area is 126 Å². The Hall–Kier alpha value is -0.890. The first kappa shape index (κ1) is 14.1. The third-order valence-electron chi connectivity index (χ3n) is 3.31. The van der Waals surface area contributed by atoms with E-state index in [-0.39, 0.29) is 5.25 Å². The number of halogens is 1. The predicted octanol–water partition coefficient (Wildman–Crippen LogP) is 2.44. The van der Waals surface area contributed by atoms with Crippen LogP contribution in [0.5, 0.6) is 0 Å². The van der Waals surface area contributed by atoms with Crippen LogP contribution in [0.3, 0.4) is 0 Å². The quantitative estimate of drug-likeness (QED) is 0.906. The fourth-order valence-corrected chi connectivity index (χ4v) is 5.07. The monoisotopic (exact) mass is 331 g/mol. The number of fused-ring (bicyclic) bond motifs is 1. The average molecular weight is 332 g/mol. The van der Waals surface area contributed by atoms with Crippen LogP contribution in [0.15, 0.2) is 18.2 Å². The van der Waals surface area contributed by atoms with E-state index < -0.39 is 10.0 Å². The second-order valence-corrected chi connectivity index (χ2v) is 8.16. The highest BCUT2D eigenvalue weighted by Gasteiger charge is 2.27. The number of rotatable bonds is 3. The Morgan fingerprint density at radius 2 is 2.10 bits per heavy atom. The van der Waals surface area contributed by atoms with Gasteiger partial charge in [-0.2, -0.15) is 0 Å². The molecule has 3 rings (SSSR count). The van der Waals surface area contributed by atoms with Crippen molar-refractivity contribution < 1.29 is 8.42 Å². The highest BCUT2D eigenvalue weighted by atomic mass is 35.5. The van der Waals surface area contributed by atoms with E-state index in [1.807, 2.05) is 0 Å². The van der Waals surface area contributed by atoms with E-state index in [9.17, 15) is 8.42 Å². The zero-order valence-electron chi connectivity index (χ0n) is 10.6. The summed E-state index contributed by atoms with van der Waals surface area (Å²) >= 11 is 7.22. The van der Waals surface area contributed by atoms with E-state index in [1.54, 1.807) is 18.2 Å². The molecule has 0 spiro atoms. The zero-order valence-corrected chi connectivity index (χ0v) is 13.0. The molecule has 0 aliphatic carbocycles. The maximum Gasteiger partial charge on any atom is 0.237 e. The molecular weight excluding hydrogens is 318 g/mol. The molecule has 0 bridgehead atoms. The molecule has 5 nitrogen and oxygen atoms in total. The summed E-state index contributed by atoms with van der Waals surface area (Å²) in [6, 6.07) is 5.32. The van der Waals surface area contributed by atoms with E-state index in [4.69, 9.17) is 11.6 Å². The smallest absolute Gasteiger partial charge is 0.237 e. The molecule has 2 aromatic rings. The van der Waals surface area contributed by atoms with E-state index in [1.165, 1.54) is 11.3 Å². The largest absolute Gasteiger partial charge is 0.317 e. The van der Waals surface area contributed by atoms with Gasteiger partial charge in [-0.15, -0.1) is 0 Å². The number of anilines is 1. The molecule has 1 aliphatic heterocycles. The molecule has 20 heavy (non-hydrogen) atoms. The van der Waals surface area contributed by atoms with Crippen LogP contribution in [0.25, 0.3) is 10.2 Å². The number of hydrogen-bond acceptors (Lipinski definition) is 5. The normalized spacial score (nSPS) is 17.4. The molecule has 2 heterocycles. The van der Waals surface area contributed by atoms with Crippen LogP contribution in [-0.2, 0) is 10.0 Å². The SMILES string of the molecule is O=S(=O)(Nc1nc2ccc(Cl)cc2s1)C1CCNCC1. The van der Waals surface area contributed by atoms with Gasteiger partial charge >= 0.3 is 0 Å². The van der Waals surface area contributed by atoms with Crippen LogP contribution in [0.4, 0.5) is 5.13 Å². The van der Waals surface area contributed by atoms with Crippen LogP contribution in [0.2, 0.25) is 5.02 Å². The van der Waals surface area contributed by atoms with Crippen LogP contribution in [0, 0.1) is 0 Å². The Bertz CT molecular complexity index is 723. The van der Waals surface area contributed by atoms with Gasteiger partial charge in [-0.05, 0) is 44.1 Å². The van der Waals surface area contributed by atoms with E-state index >= 15 is 0 Å². The van der Waals surface area contributed by atoms with E-state index in [0.29, 0.717) is 23.0 Å². The number of thiazole rings is 1. The molecule has 0 atom stereocenters. The topological polar surface area (TPSA) is 71.1 Å². The Kier molecular flexibility index (Phi) is 3.85. The van der Waals surface area contributed by atoms with Gasteiger partial charge in [0.05, 0.1) is 15.5 Å². The predicted molar refractivity (Wildman–Crippen MR) is 83.1 cm³/mol. The summed E-state index contributed by atoms with van der Waals surface area (Å²) in [4.78, 5) is 4.29. The van der Waals surface area contributed by atoms with Gasteiger partial charge in [0, 0.05) is 5.02 Å². The molecule has 0 saturated carbocycles. The zero-order chi connectivity index (χ0) is 14.2. The standard InChI is InChI=1S/C12H14ClN3O2S2/c13-8-1-2-10-11(7-8)19-12(15-10)16-20(17,18)9-3-5-14-6-4-9/h1-2,7,9,14H,3-6H2,(H,15,16). The van der Waals surface area contributed by atoms with Crippen molar-refractivity contribution in [2.75, 3.05) is 17.8 Å². The number of benzene rings is 1. The molecule has 8 heteroatoms. The number of sulfonamides is 1. The second kappa shape index (κ2) is 5.48. The van der Waals surface area contributed by atoms with Gasteiger partial charge in [0.1, 0.15) is 0 Å². The first-order chi connectivity index (χ1) is 9.54. The maximum atomic E-state index is 12.3. The minimum absolute atomic E-state index is 0.348. The van der Waals surface area contributed by atoms with Crippen LogP contribution in [-0.4, -0.2) is 31.7 Å². The van der Waals surface area contributed by atoms with Gasteiger partial charge < -0.3 is 5.32 Å². The third-order valence-corrected chi connectivity index (χ3v) is 6.43.